The highest BCUT2D eigenvalue weighted by atomic mass is 16.5. The fraction of sp³-hybridized carbons (Fsp3) is 0.200. The summed E-state index contributed by atoms with van der Waals surface area (Å²) >= 11 is 0. The molecule has 2 aromatic heterocycles. The molecule has 3 aromatic rings. The maximum atomic E-state index is 12.7. The normalized spacial score (nSPS) is 10.6. The van der Waals surface area contributed by atoms with Crippen molar-refractivity contribution in [2.45, 2.75) is 6.92 Å². The van der Waals surface area contributed by atoms with Gasteiger partial charge in [0.15, 0.2) is 11.5 Å². The van der Waals surface area contributed by atoms with Crippen LogP contribution in [0.3, 0.4) is 0 Å². The molecule has 3 rings (SSSR count). The molecule has 8 nitrogen and oxygen atoms in total. The third-order valence-corrected chi connectivity index (χ3v) is 4.11. The van der Waals surface area contributed by atoms with Gasteiger partial charge in [-0.25, -0.2) is 4.98 Å². The molecule has 2 heterocycles. The summed E-state index contributed by atoms with van der Waals surface area (Å²) in [6.45, 7) is 2.18. The topological polar surface area (TPSA) is 102 Å². The standard InChI is InChI=1S/C20H20N4O4/c1-13(25)14-6-8-15(9-7-14)22-19(26)17-16-5-3-4-11-24(16)18(23-17)20(27)21-10-12-28-2/h3-9,11H,10,12H2,1-2H3,(H,21,27)(H,22,26). The fourth-order valence-corrected chi connectivity index (χ4v) is 2.69. The second-order valence-corrected chi connectivity index (χ2v) is 6.08. The van der Waals surface area contributed by atoms with E-state index in [1.54, 1.807) is 60.2 Å². The summed E-state index contributed by atoms with van der Waals surface area (Å²) < 4.78 is 6.49. The van der Waals surface area contributed by atoms with Gasteiger partial charge < -0.3 is 15.4 Å². The fourth-order valence-electron chi connectivity index (χ4n) is 2.69. The lowest BCUT2D eigenvalue weighted by atomic mass is 10.1. The molecule has 2 N–H and O–H groups in total. The summed E-state index contributed by atoms with van der Waals surface area (Å²) in [6.07, 6.45) is 1.67. The number of nitrogens with zero attached hydrogens (tertiary/aromatic N) is 2. The second-order valence-electron chi connectivity index (χ2n) is 6.08. The number of nitrogens with one attached hydrogen (secondary N) is 2. The number of carbonyl (C=O) groups is 3. The maximum Gasteiger partial charge on any atom is 0.287 e. The predicted molar refractivity (Wildman–Crippen MR) is 104 cm³/mol. The number of anilines is 1. The minimum Gasteiger partial charge on any atom is -0.383 e. The van der Waals surface area contributed by atoms with E-state index >= 15 is 0 Å². The Balaban J connectivity index is 1.86. The van der Waals surface area contributed by atoms with Crippen molar-refractivity contribution in [1.82, 2.24) is 14.7 Å². The van der Waals surface area contributed by atoms with Gasteiger partial charge in [0, 0.05) is 31.1 Å². The summed E-state index contributed by atoms with van der Waals surface area (Å²) in [5.74, 6) is -0.788. The molecule has 0 saturated heterocycles. The van der Waals surface area contributed by atoms with E-state index < -0.39 is 11.8 Å². The van der Waals surface area contributed by atoms with E-state index in [1.165, 1.54) is 6.92 Å². The van der Waals surface area contributed by atoms with Crippen LogP contribution in [0.25, 0.3) is 5.52 Å². The van der Waals surface area contributed by atoms with Gasteiger partial charge >= 0.3 is 0 Å². The number of benzene rings is 1. The first-order chi connectivity index (χ1) is 13.5. The zero-order valence-electron chi connectivity index (χ0n) is 15.6. The van der Waals surface area contributed by atoms with Crippen molar-refractivity contribution in [2.24, 2.45) is 0 Å². The van der Waals surface area contributed by atoms with Crippen molar-refractivity contribution in [2.75, 3.05) is 25.6 Å². The quantitative estimate of drug-likeness (QED) is 0.483. The van der Waals surface area contributed by atoms with Gasteiger partial charge in [0.05, 0.1) is 12.1 Å². The number of hydrogen-bond donors (Lipinski definition) is 2. The van der Waals surface area contributed by atoms with E-state index in [9.17, 15) is 14.4 Å². The second kappa shape index (κ2) is 8.45. The number of fused-ring (bicyclic) bond motifs is 1. The summed E-state index contributed by atoms with van der Waals surface area (Å²) in [5.41, 5.74) is 1.73. The first-order valence-corrected chi connectivity index (χ1v) is 8.68. The number of Topliss-reactive ketones (excluding diaryl/α,β-unsaturated/α-hetero) is 1. The van der Waals surface area contributed by atoms with Crippen LogP contribution in [-0.4, -0.2) is 47.2 Å². The van der Waals surface area contributed by atoms with Crippen molar-refractivity contribution in [3.05, 3.63) is 65.7 Å². The molecule has 28 heavy (non-hydrogen) atoms. The molecule has 0 bridgehead atoms. The number of methoxy groups -OCH3 is 1. The Hall–Kier alpha value is -3.52. The monoisotopic (exact) mass is 380 g/mol. The van der Waals surface area contributed by atoms with Gasteiger partial charge in [-0.15, -0.1) is 0 Å². The number of amides is 2. The third-order valence-electron chi connectivity index (χ3n) is 4.11. The molecule has 8 heteroatoms. The Bertz CT molecular complexity index is 1020. The highest BCUT2D eigenvalue weighted by molar-refractivity contribution is 6.09. The largest absolute Gasteiger partial charge is 0.383 e. The number of imidazole rings is 1. The molecule has 0 unspecified atom stereocenters. The van der Waals surface area contributed by atoms with Gasteiger partial charge in [0.2, 0.25) is 5.82 Å². The number of carbonyl (C=O) groups excluding carboxylic acids is 3. The van der Waals surface area contributed by atoms with Crippen molar-refractivity contribution < 1.29 is 19.1 Å². The van der Waals surface area contributed by atoms with Crippen molar-refractivity contribution in [3.8, 4) is 0 Å². The van der Waals surface area contributed by atoms with E-state index in [-0.39, 0.29) is 17.3 Å². The minimum atomic E-state index is -0.449. The Morgan fingerprint density at radius 1 is 1.07 bits per heavy atom. The highest BCUT2D eigenvalue weighted by Gasteiger charge is 2.21. The molecule has 0 radical (unpaired) electrons. The predicted octanol–water partition coefficient (Wildman–Crippen LogP) is 2.17. The summed E-state index contributed by atoms with van der Waals surface area (Å²) in [6, 6.07) is 11.8. The van der Waals surface area contributed by atoms with Gasteiger partial charge in [-0.3, -0.25) is 18.8 Å². The first-order valence-electron chi connectivity index (χ1n) is 8.68. The number of pyridine rings is 1. The summed E-state index contributed by atoms with van der Waals surface area (Å²) in [4.78, 5) is 40.8. The van der Waals surface area contributed by atoms with Gasteiger partial charge in [-0.05, 0) is 43.3 Å². The van der Waals surface area contributed by atoms with Crippen LogP contribution in [-0.2, 0) is 4.74 Å². The van der Waals surface area contributed by atoms with Crippen molar-refractivity contribution >= 4 is 28.8 Å². The SMILES string of the molecule is COCCNC(=O)c1nc(C(=O)Nc2ccc(C(C)=O)cc2)c2ccccn12. The van der Waals surface area contributed by atoms with Gasteiger partial charge in [0.1, 0.15) is 0 Å². The summed E-state index contributed by atoms with van der Waals surface area (Å²) in [7, 11) is 1.54. The van der Waals surface area contributed by atoms with Crippen LogP contribution >= 0.6 is 0 Å². The van der Waals surface area contributed by atoms with E-state index in [4.69, 9.17) is 4.74 Å². The molecular weight excluding hydrogens is 360 g/mol. The molecule has 0 aliphatic heterocycles. The lowest BCUT2D eigenvalue weighted by molar-refractivity contribution is 0.0925. The molecule has 0 atom stereocenters. The molecule has 2 amide bonds. The summed E-state index contributed by atoms with van der Waals surface area (Å²) in [5, 5.41) is 5.44. The first kappa shape index (κ1) is 19.2. The minimum absolute atomic E-state index is 0.0536. The molecular formula is C20H20N4O4. The molecule has 0 spiro atoms. The molecule has 0 fully saturated rings. The number of ketones is 1. The molecule has 0 aliphatic carbocycles. The van der Waals surface area contributed by atoms with Crippen molar-refractivity contribution in [1.29, 1.82) is 0 Å². The smallest absolute Gasteiger partial charge is 0.287 e. The Morgan fingerprint density at radius 2 is 1.82 bits per heavy atom. The van der Waals surface area contributed by atoms with Crippen LogP contribution < -0.4 is 10.6 Å². The van der Waals surface area contributed by atoms with E-state index in [0.29, 0.717) is 29.9 Å². The van der Waals surface area contributed by atoms with E-state index in [2.05, 4.69) is 15.6 Å². The van der Waals surface area contributed by atoms with Crippen LogP contribution in [0.1, 0.15) is 38.4 Å². The third kappa shape index (κ3) is 4.07. The highest BCUT2D eigenvalue weighted by Crippen LogP contribution is 2.16. The number of hydrogen-bond acceptors (Lipinski definition) is 5. The van der Waals surface area contributed by atoms with Crippen LogP contribution in [0.4, 0.5) is 5.69 Å². The number of ether oxygens (including phenoxy) is 1. The average Bonchev–Trinajstić information content (AvgIpc) is 3.08. The lowest BCUT2D eigenvalue weighted by Crippen LogP contribution is -2.28. The molecule has 144 valence electrons. The van der Waals surface area contributed by atoms with Crippen molar-refractivity contribution in [3.63, 3.8) is 0 Å². The van der Waals surface area contributed by atoms with Gasteiger partial charge in [-0.1, -0.05) is 6.07 Å². The van der Waals surface area contributed by atoms with Gasteiger partial charge in [-0.2, -0.15) is 0 Å². The zero-order valence-corrected chi connectivity index (χ0v) is 15.6. The maximum absolute atomic E-state index is 12.7. The zero-order chi connectivity index (χ0) is 20.1. The van der Waals surface area contributed by atoms with Crippen LogP contribution in [0.2, 0.25) is 0 Å². The Labute approximate surface area is 161 Å². The molecule has 0 aliphatic rings. The molecule has 1 aromatic carbocycles. The van der Waals surface area contributed by atoms with E-state index in [0.717, 1.165) is 0 Å². The van der Waals surface area contributed by atoms with Crippen LogP contribution in [0.5, 0.6) is 0 Å². The van der Waals surface area contributed by atoms with Crippen LogP contribution in [0.15, 0.2) is 48.7 Å². The number of aromatic nitrogens is 2. The lowest BCUT2D eigenvalue weighted by Gasteiger charge is -2.04. The Kier molecular flexibility index (Phi) is 5.81. The Morgan fingerprint density at radius 3 is 2.50 bits per heavy atom. The van der Waals surface area contributed by atoms with Crippen LogP contribution in [0, 0.1) is 0 Å². The van der Waals surface area contributed by atoms with E-state index in [1.807, 2.05) is 0 Å². The number of rotatable bonds is 7. The average molecular weight is 380 g/mol. The molecule has 0 saturated carbocycles. The van der Waals surface area contributed by atoms with Gasteiger partial charge in [0.25, 0.3) is 11.8 Å².